The second-order valence-electron chi connectivity index (χ2n) is 10.4. The van der Waals surface area contributed by atoms with Gasteiger partial charge in [0.2, 0.25) is 0 Å². The van der Waals surface area contributed by atoms with Gasteiger partial charge in [-0.25, -0.2) is 4.79 Å². The highest BCUT2D eigenvalue weighted by Gasteiger charge is 2.46. The minimum absolute atomic E-state index is 0.203. The quantitative estimate of drug-likeness (QED) is 0.473. The van der Waals surface area contributed by atoms with E-state index < -0.39 is 5.97 Å². The number of benzene rings is 3. The van der Waals surface area contributed by atoms with Gasteiger partial charge in [0.1, 0.15) is 5.75 Å². The zero-order valence-electron chi connectivity index (χ0n) is 19.2. The third-order valence-electron chi connectivity index (χ3n) is 7.82. The largest absolute Gasteiger partial charge is 0.496 e. The third kappa shape index (κ3) is 3.68. The number of ether oxygens (including phenoxy) is 1. The van der Waals surface area contributed by atoms with Crippen LogP contribution in [0, 0.1) is 17.8 Å². The Bertz CT molecular complexity index is 1160. The van der Waals surface area contributed by atoms with Gasteiger partial charge in [-0.05, 0) is 108 Å². The van der Waals surface area contributed by atoms with E-state index in [2.05, 4.69) is 44.2 Å². The molecule has 3 nitrogen and oxygen atoms in total. The van der Waals surface area contributed by atoms with Gasteiger partial charge in [-0.2, -0.15) is 0 Å². The summed E-state index contributed by atoms with van der Waals surface area (Å²) in [7, 11) is 1.79. The fourth-order valence-electron chi connectivity index (χ4n) is 6.89. The minimum atomic E-state index is -0.892. The van der Waals surface area contributed by atoms with E-state index in [0.29, 0.717) is 5.56 Å². The summed E-state index contributed by atoms with van der Waals surface area (Å²) in [4.78, 5) is 11.3. The maximum Gasteiger partial charge on any atom is 0.335 e. The fraction of sp³-hybridized carbons (Fsp3) is 0.414. The van der Waals surface area contributed by atoms with Crippen molar-refractivity contribution in [3.8, 4) is 16.9 Å². The van der Waals surface area contributed by atoms with Crippen molar-refractivity contribution < 1.29 is 14.6 Å². The molecule has 2 fully saturated rings. The molecule has 0 amide bonds. The van der Waals surface area contributed by atoms with Gasteiger partial charge in [0.05, 0.1) is 12.7 Å². The van der Waals surface area contributed by atoms with Crippen LogP contribution in [0.15, 0.2) is 54.6 Å². The second-order valence-corrected chi connectivity index (χ2v) is 10.4. The molecule has 3 heteroatoms. The van der Waals surface area contributed by atoms with Crippen molar-refractivity contribution in [2.75, 3.05) is 7.11 Å². The Morgan fingerprint density at radius 2 is 1.50 bits per heavy atom. The Kier molecular flexibility index (Phi) is 5.23. The Balaban J connectivity index is 1.59. The van der Waals surface area contributed by atoms with E-state index in [1.165, 1.54) is 43.2 Å². The van der Waals surface area contributed by atoms with Gasteiger partial charge in [0.15, 0.2) is 0 Å². The highest BCUT2D eigenvalue weighted by Crippen LogP contribution is 2.56. The maximum absolute atomic E-state index is 11.3. The standard InChI is InChI=1S/C29H32O3/c1-18-10-20-11-19(2)16-29(15-18,17-20)26-14-24(8-9-27(26)32-3)22-4-5-23-13-25(28(30)31)7-6-21(23)12-22/h4-9,12-14,18-20H,10-11,15-17H2,1-3H3,(H,30,31). The number of hydrogen-bond acceptors (Lipinski definition) is 2. The second kappa shape index (κ2) is 7.95. The molecule has 32 heavy (non-hydrogen) atoms. The molecule has 2 aliphatic carbocycles. The molecule has 2 saturated carbocycles. The normalized spacial score (nSPS) is 27.3. The first-order valence-electron chi connectivity index (χ1n) is 11.8. The Hall–Kier alpha value is -2.81. The van der Waals surface area contributed by atoms with E-state index in [1.54, 1.807) is 19.2 Å². The lowest BCUT2D eigenvalue weighted by molar-refractivity contribution is 0.0696. The Morgan fingerprint density at radius 1 is 0.875 bits per heavy atom. The van der Waals surface area contributed by atoms with Gasteiger partial charge in [0.25, 0.3) is 0 Å². The zero-order chi connectivity index (χ0) is 22.5. The first kappa shape index (κ1) is 21.1. The van der Waals surface area contributed by atoms with Gasteiger partial charge in [0, 0.05) is 5.56 Å². The van der Waals surface area contributed by atoms with Gasteiger partial charge < -0.3 is 9.84 Å². The van der Waals surface area contributed by atoms with Crippen molar-refractivity contribution in [3.05, 3.63) is 65.7 Å². The monoisotopic (exact) mass is 428 g/mol. The molecule has 5 rings (SSSR count). The number of fused-ring (bicyclic) bond motifs is 3. The molecule has 0 saturated heterocycles. The topological polar surface area (TPSA) is 46.5 Å². The molecule has 3 aromatic carbocycles. The summed E-state index contributed by atoms with van der Waals surface area (Å²) >= 11 is 0. The molecule has 166 valence electrons. The average molecular weight is 429 g/mol. The van der Waals surface area contributed by atoms with Crippen molar-refractivity contribution in [1.29, 1.82) is 0 Å². The smallest absolute Gasteiger partial charge is 0.335 e. The molecular weight excluding hydrogens is 396 g/mol. The van der Waals surface area contributed by atoms with E-state index in [9.17, 15) is 9.90 Å². The molecule has 1 N–H and O–H groups in total. The van der Waals surface area contributed by atoms with Crippen LogP contribution in [0.25, 0.3) is 21.9 Å². The number of carbonyl (C=O) groups is 1. The summed E-state index contributed by atoms with van der Waals surface area (Å²) in [6, 6.07) is 18.3. The van der Waals surface area contributed by atoms with Crippen LogP contribution in [0.3, 0.4) is 0 Å². The SMILES string of the molecule is COc1ccc(-c2ccc3cc(C(=O)O)ccc3c2)cc1C12CC(C)CC(CC(C)C1)C2. The summed E-state index contributed by atoms with van der Waals surface area (Å²) in [5.41, 5.74) is 4.26. The van der Waals surface area contributed by atoms with Crippen LogP contribution in [0.2, 0.25) is 0 Å². The summed E-state index contributed by atoms with van der Waals surface area (Å²) < 4.78 is 5.90. The summed E-state index contributed by atoms with van der Waals surface area (Å²) in [5.74, 6) is 2.44. The molecular formula is C29H32O3. The number of carboxylic acid groups (broad SMARTS) is 1. The lowest BCUT2D eigenvalue weighted by atomic mass is 9.54. The summed E-state index contributed by atoms with van der Waals surface area (Å²) in [6.07, 6.45) is 6.47. The number of aromatic carboxylic acids is 1. The van der Waals surface area contributed by atoms with Crippen molar-refractivity contribution in [3.63, 3.8) is 0 Å². The highest BCUT2D eigenvalue weighted by atomic mass is 16.5. The molecule has 2 unspecified atom stereocenters. The molecule has 0 radical (unpaired) electrons. The van der Waals surface area contributed by atoms with E-state index in [-0.39, 0.29) is 5.41 Å². The lowest BCUT2D eigenvalue weighted by Gasteiger charge is -2.50. The van der Waals surface area contributed by atoms with Crippen LogP contribution in [0.5, 0.6) is 5.75 Å². The van der Waals surface area contributed by atoms with Crippen LogP contribution >= 0.6 is 0 Å². The van der Waals surface area contributed by atoms with Crippen molar-refractivity contribution in [2.45, 2.75) is 51.4 Å². The molecule has 0 spiro atoms. The fourth-order valence-corrected chi connectivity index (χ4v) is 6.89. The molecule has 0 aromatic heterocycles. The van der Waals surface area contributed by atoms with Crippen LogP contribution in [0.1, 0.15) is 61.9 Å². The average Bonchev–Trinajstić information content (AvgIpc) is 2.76. The van der Waals surface area contributed by atoms with E-state index in [1.807, 2.05) is 12.1 Å². The first-order chi connectivity index (χ1) is 15.4. The highest BCUT2D eigenvalue weighted by molar-refractivity contribution is 5.95. The Labute approximate surface area is 190 Å². The summed E-state index contributed by atoms with van der Waals surface area (Å²) in [6.45, 7) is 4.84. The molecule has 2 bridgehead atoms. The molecule has 2 atom stereocenters. The zero-order valence-corrected chi connectivity index (χ0v) is 19.2. The van der Waals surface area contributed by atoms with Gasteiger partial charge in [-0.3, -0.25) is 0 Å². The van der Waals surface area contributed by atoms with Gasteiger partial charge >= 0.3 is 5.97 Å². The number of rotatable bonds is 4. The van der Waals surface area contributed by atoms with Crippen LogP contribution in [0.4, 0.5) is 0 Å². The Morgan fingerprint density at radius 3 is 2.19 bits per heavy atom. The molecule has 0 heterocycles. The molecule has 2 aliphatic rings. The minimum Gasteiger partial charge on any atom is -0.496 e. The third-order valence-corrected chi connectivity index (χ3v) is 7.82. The van der Waals surface area contributed by atoms with E-state index in [0.717, 1.165) is 39.8 Å². The maximum atomic E-state index is 11.3. The predicted octanol–water partition coefficient (Wildman–Crippen LogP) is 7.32. The number of methoxy groups -OCH3 is 1. The van der Waals surface area contributed by atoms with Crippen LogP contribution in [-0.2, 0) is 5.41 Å². The predicted molar refractivity (Wildman–Crippen MR) is 129 cm³/mol. The van der Waals surface area contributed by atoms with Crippen molar-refractivity contribution >= 4 is 16.7 Å². The van der Waals surface area contributed by atoms with Crippen LogP contribution < -0.4 is 4.74 Å². The van der Waals surface area contributed by atoms with Gasteiger partial charge in [-0.15, -0.1) is 0 Å². The molecule has 3 aromatic rings. The summed E-state index contributed by atoms with van der Waals surface area (Å²) in [5, 5.41) is 11.3. The molecule has 0 aliphatic heterocycles. The number of hydrogen-bond donors (Lipinski definition) is 1. The first-order valence-corrected chi connectivity index (χ1v) is 11.8. The van der Waals surface area contributed by atoms with Crippen LogP contribution in [-0.4, -0.2) is 18.2 Å². The number of carboxylic acids is 1. The van der Waals surface area contributed by atoms with Gasteiger partial charge in [-0.1, -0.05) is 38.1 Å². The van der Waals surface area contributed by atoms with E-state index in [4.69, 9.17) is 4.74 Å². The lowest BCUT2D eigenvalue weighted by Crippen LogP contribution is -2.42. The van der Waals surface area contributed by atoms with Crippen molar-refractivity contribution in [1.82, 2.24) is 0 Å². The van der Waals surface area contributed by atoms with E-state index >= 15 is 0 Å². The van der Waals surface area contributed by atoms with Crippen molar-refractivity contribution in [2.24, 2.45) is 17.8 Å².